The van der Waals surface area contributed by atoms with Crippen molar-refractivity contribution in [2.75, 3.05) is 0 Å². The van der Waals surface area contributed by atoms with Crippen molar-refractivity contribution >= 4 is 0 Å². The van der Waals surface area contributed by atoms with E-state index in [4.69, 9.17) is 0 Å². The summed E-state index contributed by atoms with van der Waals surface area (Å²) in [7, 11) is 0. The van der Waals surface area contributed by atoms with Crippen LogP contribution in [-0.4, -0.2) is 0 Å². The molecular formula is C20H20F6. The average molecular weight is 374 g/mol. The summed E-state index contributed by atoms with van der Waals surface area (Å²) in [5.74, 6) is -3.39. The van der Waals surface area contributed by atoms with Crippen molar-refractivity contribution in [3.05, 3.63) is 71.1 Å². The molecule has 26 heavy (non-hydrogen) atoms. The molecule has 0 bridgehead atoms. The summed E-state index contributed by atoms with van der Waals surface area (Å²) in [4.78, 5) is 0. The van der Waals surface area contributed by atoms with Gasteiger partial charge in [-0.2, -0.15) is 13.2 Å². The molecule has 0 radical (unpaired) electrons. The van der Waals surface area contributed by atoms with Crippen LogP contribution in [0.2, 0.25) is 0 Å². The van der Waals surface area contributed by atoms with Crippen LogP contribution in [0, 0.1) is 11.7 Å². The predicted octanol–water partition coefficient (Wildman–Crippen LogP) is 7.40. The lowest BCUT2D eigenvalue weighted by molar-refractivity contribution is -0.140. The number of rotatable bonds is 4. The molecule has 1 aliphatic rings. The SMILES string of the molecule is C=C(/C=C(F)\C(F)=C/C)C1CCC(c2ccc(F)c(C(F)(F)F)c2)CC1. The van der Waals surface area contributed by atoms with Gasteiger partial charge >= 0.3 is 6.18 Å². The van der Waals surface area contributed by atoms with E-state index >= 15 is 0 Å². The van der Waals surface area contributed by atoms with Crippen molar-refractivity contribution in [1.82, 2.24) is 0 Å². The highest BCUT2D eigenvalue weighted by atomic mass is 19.4. The van der Waals surface area contributed by atoms with Crippen molar-refractivity contribution in [2.45, 2.75) is 44.7 Å². The monoisotopic (exact) mass is 374 g/mol. The van der Waals surface area contributed by atoms with Gasteiger partial charge in [-0.15, -0.1) is 0 Å². The molecule has 0 heterocycles. The van der Waals surface area contributed by atoms with Gasteiger partial charge in [0, 0.05) is 0 Å². The van der Waals surface area contributed by atoms with Crippen LogP contribution in [0.3, 0.4) is 0 Å². The molecule has 0 nitrogen and oxygen atoms in total. The van der Waals surface area contributed by atoms with Crippen LogP contribution in [0.4, 0.5) is 26.3 Å². The first-order chi connectivity index (χ1) is 12.1. The fraction of sp³-hybridized carbons (Fsp3) is 0.400. The summed E-state index contributed by atoms with van der Waals surface area (Å²) in [6, 6.07) is 3.10. The third-order valence-corrected chi connectivity index (χ3v) is 4.81. The zero-order valence-corrected chi connectivity index (χ0v) is 14.3. The van der Waals surface area contributed by atoms with Gasteiger partial charge in [-0.3, -0.25) is 0 Å². The van der Waals surface area contributed by atoms with E-state index < -0.39 is 29.2 Å². The van der Waals surface area contributed by atoms with Crippen molar-refractivity contribution in [1.29, 1.82) is 0 Å². The number of hydrogen-bond acceptors (Lipinski definition) is 0. The third-order valence-electron chi connectivity index (χ3n) is 4.81. The highest BCUT2D eigenvalue weighted by Crippen LogP contribution is 2.41. The Labute approximate surface area is 148 Å². The number of alkyl halides is 3. The smallest absolute Gasteiger partial charge is 0.206 e. The molecule has 142 valence electrons. The summed E-state index contributed by atoms with van der Waals surface area (Å²) in [6.07, 6.45) is -0.289. The third kappa shape index (κ3) is 4.80. The van der Waals surface area contributed by atoms with Crippen LogP contribution in [0.5, 0.6) is 0 Å². The molecule has 0 saturated heterocycles. The van der Waals surface area contributed by atoms with Crippen LogP contribution in [0.15, 0.2) is 54.2 Å². The molecule has 0 aliphatic heterocycles. The van der Waals surface area contributed by atoms with Gasteiger partial charge < -0.3 is 0 Å². The normalized spacial score (nSPS) is 22.4. The fourth-order valence-electron chi connectivity index (χ4n) is 3.30. The van der Waals surface area contributed by atoms with E-state index in [1.165, 1.54) is 13.0 Å². The minimum Gasteiger partial charge on any atom is -0.206 e. The maximum absolute atomic E-state index is 13.6. The molecule has 0 spiro atoms. The summed E-state index contributed by atoms with van der Waals surface area (Å²) < 4.78 is 78.7. The van der Waals surface area contributed by atoms with Gasteiger partial charge in [0.05, 0.1) is 5.56 Å². The highest BCUT2D eigenvalue weighted by molar-refractivity contribution is 5.32. The average Bonchev–Trinajstić information content (AvgIpc) is 2.60. The van der Waals surface area contributed by atoms with Crippen molar-refractivity contribution in [3.8, 4) is 0 Å². The molecule has 0 unspecified atom stereocenters. The number of halogens is 6. The Morgan fingerprint density at radius 3 is 2.23 bits per heavy atom. The Bertz CT molecular complexity index is 718. The Kier molecular flexibility index (Phi) is 6.37. The predicted molar refractivity (Wildman–Crippen MR) is 89.3 cm³/mol. The van der Waals surface area contributed by atoms with Gasteiger partial charge in [-0.25, -0.2) is 13.2 Å². The zero-order chi connectivity index (χ0) is 19.5. The van der Waals surface area contributed by atoms with E-state index in [0.717, 1.165) is 24.3 Å². The van der Waals surface area contributed by atoms with Crippen LogP contribution in [0.1, 0.15) is 49.7 Å². The number of hydrogen-bond donors (Lipinski definition) is 0. The molecule has 1 saturated carbocycles. The van der Waals surface area contributed by atoms with E-state index in [1.54, 1.807) is 0 Å². The molecule has 6 heteroatoms. The first-order valence-corrected chi connectivity index (χ1v) is 8.38. The van der Waals surface area contributed by atoms with Crippen LogP contribution < -0.4 is 0 Å². The van der Waals surface area contributed by atoms with Gasteiger partial charge in [-0.05, 0) is 79.9 Å². The molecule has 0 aromatic heterocycles. The molecule has 2 rings (SSSR count). The zero-order valence-electron chi connectivity index (χ0n) is 14.3. The molecule has 1 aromatic carbocycles. The number of benzene rings is 1. The highest BCUT2D eigenvalue weighted by Gasteiger charge is 2.35. The second kappa shape index (κ2) is 8.14. The quantitative estimate of drug-likeness (QED) is 0.380. The van der Waals surface area contributed by atoms with Gasteiger partial charge in [0.25, 0.3) is 0 Å². The second-order valence-electron chi connectivity index (χ2n) is 6.49. The Morgan fingerprint density at radius 2 is 1.69 bits per heavy atom. The van der Waals surface area contributed by atoms with Gasteiger partial charge in [0.1, 0.15) is 5.82 Å². The summed E-state index contributed by atoms with van der Waals surface area (Å²) >= 11 is 0. The summed E-state index contributed by atoms with van der Waals surface area (Å²) in [6.45, 7) is 5.17. The van der Waals surface area contributed by atoms with E-state index in [0.29, 0.717) is 36.8 Å². The van der Waals surface area contributed by atoms with Crippen LogP contribution in [0.25, 0.3) is 0 Å². The number of allylic oxidation sites excluding steroid dienone is 5. The molecule has 0 amide bonds. The Morgan fingerprint density at radius 1 is 1.08 bits per heavy atom. The molecule has 0 N–H and O–H groups in total. The van der Waals surface area contributed by atoms with Gasteiger partial charge in [0.15, 0.2) is 11.7 Å². The maximum atomic E-state index is 13.6. The largest absolute Gasteiger partial charge is 0.419 e. The minimum absolute atomic E-state index is 0.0517. The van der Waals surface area contributed by atoms with E-state index in [-0.39, 0.29) is 11.8 Å². The van der Waals surface area contributed by atoms with Gasteiger partial charge in [0.2, 0.25) is 0 Å². The van der Waals surface area contributed by atoms with E-state index in [9.17, 15) is 26.3 Å². The fourth-order valence-corrected chi connectivity index (χ4v) is 3.30. The van der Waals surface area contributed by atoms with Crippen LogP contribution in [-0.2, 0) is 6.18 Å². The molecule has 1 aromatic rings. The summed E-state index contributed by atoms with van der Waals surface area (Å²) in [5.41, 5.74) is -0.342. The topological polar surface area (TPSA) is 0 Å². The standard InChI is InChI=1S/C20H20F6/c1-3-17(21)19(23)10-12(2)13-4-6-14(7-5-13)15-8-9-18(22)16(11-15)20(24,25)26/h3,8-11,13-14H,2,4-7H2,1H3/b17-3+,19-10+. The molecule has 0 atom stereocenters. The first kappa shape index (κ1) is 20.3. The molecule has 1 fully saturated rings. The van der Waals surface area contributed by atoms with Crippen LogP contribution >= 0.6 is 0 Å². The lowest BCUT2D eigenvalue weighted by Crippen LogP contribution is -2.16. The van der Waals surface area contributed by atoms with E-state index in [1.807, 2.05) is 0 Å². The lowest BCUT2D eigenvalue weighted by Gasteiger charge is -2.29. The molecular weight excluding hydrogens is 354 g/mol. The first-order valence-electron chi connectivity index (χ1n) is 8.38. The Balaban J connectivity index is 2.06. The minimum atomic E-state index is -4.73. The maximum Gasteiger partial charge on any atom is 0.419 e. The van der Waals surface area contributed by atoms with Crippen molar-refractivity contribution < 1.29 is 26.3 Å². The summed E-state index contributed by atoms with van der Waals surface area (Å²) in [5, 5.41) is 0. The lowest BCUT2D eigenvalue weighted by atomic mass is 9.76. The van der Waals surface area contributed by atoms with Gasteiger partial charge in [-0.1, -0.05) is 12.6 Å². The van der Waals surface area contributed by atoms with E-state index in [2.05, 4.69) is 6.58 Å². The van der Waals surface area contributed by atoms with Crippen molar-refractivity contribution in [2.24, 2.45) is 5.92 Å². The molecule has 1 aliphatic carbocycles. The second-order valence-corrected chi connectivity index (χ2v) is 6.49. The Hall–Kier alpha value is -1.98. The van der Waals surface area contributed by atoms with Crippen molar-refractivity contribution in [3.63, 3.8) is 0 Å².